The van der Waals surface area contributed by atoms with E-state index in [1.54, 1.807) is 23.2 Å². The topological polar surface area (TPSA) is 144 Å². The third-order valence-corrected chi connectivity index (χ3v) is 11.0. The highest BCUT2D eigenvalue weighted by molar-refractivity contribution is 6.05. The average Bonchev–Trinajstić information content (AvgIpc) is 3.23. The average molecular weight is 788 g/mol. The lowest BCUT2D eigenvalue weighted by Crippen LogP contribution is -2.53. The van der Waals surface area contributed by atoms with Gasteiger partial charge in [-0.05, 0) is 85.0 Å². The number of nitrogens with zero attached hydrogens (tertiary/aromatic N) is 5. The van der Waals surface area contributed by atoms with Crippen LogP contribution in [0, 0.1) is 5.82 Å². The third kappa shape index (κ3) is 9.13. The Bertz CT molecular complexity index is 2270. The fourth-order valence-electron chi connectivity index (χ4n) is 7.69. The van der Waals surface area contributed by atoms with Crippen LogP contribution < -0.4 is 26.2 Å². The van der Waals surface area contributed by atoms with Crippen molar-refractivity contribution in [2.24, 2.45) is 0 Å². The van der Waals surface area contributed by atoms with Crippen molar-refractivity contribution < 1.29 is 23.5 Å². The van der Waals surface area contributed by atoms with E-state index in [2.05, 4.69) is 44.7 Å². The molecule has 0 saturated carbocycles. The van der Waals surface area contributed by atoms with Crippen molar-refractivity contribution >= 4 is 57.3 Å². The number of hydrogen-bond donors (Lipinski definition) is 4. The maximum atomic E-state index is 15.4. The van der Waals surface area contributed by atoms with Crippen LogP contribution in [-0.4, -0.2) is 96.1 Å². The molecule has 4 aromatic rings. The number of urea groups is 1. The first-order chi connectivity index (χ1) is 28.1. The van der Waals surface area contributed by atoms with Crippen molar-refractivity contribution in [2.75, 3.05) is 68.0 Å². The van der Waals surface area contributed by atoms with Gasteiger partial charge in [-0.15, -0.1) is 0 Å². The molecule has 2 fully saturated rings. The lowest BCUT2D eigenvalue weighted by molar-refractivity contribution is -0.132. The summed E-state index contributed by atoms with van der Waals surface area (Å²) in [4.78, 5) is 51.9. The van der Waals surface area contributed by atoms with Gasteiger partial charge in [0.15, 0.2) is 0 Å². The maximum Gasteiger partial charge on any atom is 0.328 e. The highest BCUT2D eigenvalue weighted by Crippen LogP contribution is 2.29. The normalized spacial score (nSPS) is 17.2. The Morgan fingerprint density at radius 2 is 1.81 bits per heavy atom. The van der Waals surface area contributed by atoms with Crippen LogP contribution in [-0.2, 0) is 20.7 Å². The van der Waals surface area contributed by atoms with Gasteiger partial charge in [-0.2, -0.15) is 0 Å². The zero-order chi connectivity index (χ0) is 40.8. The number of hydrogen-bond acceptors (Lipinski definition) is 10. The Labute approximate surface area is 338 Å². The Morgan fingerprint density at radius 3 is 2.52 bits per heavy atom. The second-order valence-corrected chi connectivity index (χ2v) is 14.7. The van der Waals surface area contributed by atoms with E-state index in [1.807, 2.05) is 67.3 Å². The smallest absolute Gasteiger partial charge is 0.328 e. The minimum absolute atomic E-state index is 0.0256. The number of nitrogens with one attached hydrogen (secondary N) is 4. The number of carbonyl (C=O) groups is 3. The lowest BCUT2D eigenvalue weighted by atomic mass is 9.97. The van der Waals surface area contributed by atoms with E-state index in [1.165, 1.54) is 6.07 Å². The van der Waals surface area contributed by atoms with Crippen LogP contribution in [0.2, 0.25) is 0 Å². The van der Waals surface area contributed by atoms with E-state index in [4.69, 9.17) is 9.72 Å². The number of benzene rings is 3. The van der Waals surface area contributed by atoms with Gasteiger partial charge in [-0.3, -0.25) is 24.7 Å². The molecule has 58 heavy (non-hydrogen) atoms. The highest BCUT2D eigenvalue weighted by atomic mass is 19.1. The zero-order valence-electron chi connectivity index (χ0n) is 33.2. The summed E-state index contributed by atoms with van der Waals surface area (Å²) in [5.41, 5.74) is 7.11. The summed E-state index contributed by atoms with van der Waals surface area (Å²) in [5.74, 6) is 0.341. The van der Waals surface area contributed by atoms with Crippen LogP contribution in [0.3, 0.4) is 0 Å². The predicted octanol–water partition coefficient (Wildman–Crippen LogP) is 6.35. The van der Waals surface area contributed by atoms with Gasteiger partial charge in [0.05, 0.1) is 17.6 Å². The van der Waals surface area contributed by atoms with Gasteiger partial charge >= 0.3 is 6.03 Å². The van der Waals surface area contributed by atoms with Crippen LogP contribution in [0.1, 0.15) is 44.7 Å². The van der Waals surface area contributed by atoms with Gasteiger partial charge in [-0.1, -0.05) is 37.8 Å². The maximum absolute atomic E-state index is 15.4. The van der Waals surface area contributed by atoms with Gasteiger partial charge in [0.25, 0.3) is 0 Å². The molecule has 3 aromatic carbocycles. The van der Waals surface area contributed by atoms with Crippen molar-refractivity contribution in [1.29, 1.82) is 0 Å². The molecule has 4 heterocycles. The summed E-state index contributed by atoms with van der Waals surface area (Å²) in [6.07, 6.45) is 4.75. The van der Waals surface area contributed by atoms with Crippen LogP contribution in [0.4, 0.5) is 32.2 Å². The molecular formula is C44H50FN9O4. The summed E-state index contributed by atoms with van der Waals surface area (Å²) >= 11 is 0. The molecular weight excluding hydrogens is 738 g/mol. The van der Waals surface area contributed by atoms with Gasteiger partial charge in [0.2, 0.25) is 17.8 Å². The number of aromatic nitrogens is 2. The molecule has 0 bridgehead atoms. The Hall–Kier alpha value is -6.28. The van der Waals surface area contributed by atoms with E-state index in [-0.39, 0.29) is 30.7 Å². The molecule has 0 spiro atoms. The summed E-state index contributed by atoms with van der Waals surface area (Å²) < 4.78 is 21.2. The fraction of sp³-hybridized carbons (Fsp3) is 0.341. The first kappa shape index (κ1) is 39.9. The number of allylic oxidation sites excluding steroid dienone is 4. The minimum atomic E-state index is -0.472. The molecule has 1 aromatic heterocycles. The van der Waals surface area contributed by atoms with E-state index in [0.717, 1.165) is 83.0 Å². The number of rotatable bonds is 13. The summed E-state index contributed by atoms with van der Waals surface area (Å²) in [7, 11) is 0. The van der Waals surface area contributed by atoms with Gasteiger partial charge in [0, 0.05) is 86.9 Å². The molecule has 3 aliphatic heterocycles. The molecule has 13 nitrogen and oxygen atoms in total. The molecule has 3 aliphatic rings. The number of halogens is 1. The second-order valence-electron chi connectivity index (χ2n) is 14.7. The number of fused-ring (bicyclic) bond motifs is 1. The van der Waals surface area contributed by atoms with Crippen molar-refractivity contribution in [3.63, 3.8) is 0 Å². The second kappa shape index (κ2) is 17.9. The molecule has 4 amide bonds. The minimum Gasteiger partial charge on any atom is -0.494 e. The summed E-state index contributed by atoms with van der Waals surface area (Å²) in [5, 5.41) is 13.3. The van der Waals surface area contributed by atoms with E-state index < -0.39 is 11.8 Å². The lowest BCUT2D eigenvalue weighted by Gasteiger charge is -2.39. The molecule has 1 unspecified atom stereocenters. The van der Waals surface area contributed by atoms with E-state index in [9.17, 15) is 14.4 Å². The summed E-state index contributed by atoms with van der Waals surface area (Å²) in [6.45, 7) is 15.2. The number of imide groups is 1. The predicted molar refractivity (Wildman–Crippen MR) is 225 cm³/mol. The van der Waals surface area contributed by atoms with Gasteiger partial charge in [-0.25, -0.2) is 19.2 Å². The number of piperazine rings is 1. The standard InChI is InChI=1S/C44H50FN9O4/c1-5-35(27-47-33-11-13-36(14-12-33)54-17-15-40(55)51-44(54)57)52-18-20-53(21-19-52)41(56)24-31-9-10-34(25-38(31)45)49-43-48-26-32-8-7-30(23-39(32)50-43)37(6-2)28(3)42-29(4)58-22-16-46-42/h6-14,23,25-26,35,46-47H,2,5,15-22,24,27H2,1,3-4H3,(H,48,49,50)(H,51,55,57)/b37-28+. The zero-order valence-corrected chi connectivity index (χ0v) is 33.2. The van der Waals surface area contributed by atoms with Crippen LogP contribution in [0.5, 0.6) is 0 Å². The molecule has 302 valence electrons. The van der Waals surface area contributed by atoms with Crippen molar-refractivity contribution in [3.8, 4) is 0 Å². The number of carbonyl (C=O) groups excluding carboxylic acids is 3. The first-order valence-corrected chi connectivity index (χ1v) is 19.8. The SMILES string of the molecule is C=C/C(=C(/C)C1=C(C)OCCN1)c1ccc2cnc(Nc3ccc(CC(=O)N4CCN(C(CC)CNc5ccc(N6CCC(=O)NC6=O)cc5)CC4)c(F)c3)nc2c1. The highest BCUT2D eigenvalue weighted by Gasteiger charge is 2.27. The van der Waals surface area contributed by atoms with Gasteiger partial charge < -0.3 is 25.6 Å². The van der Waals surface area contributed by atoms with Crippen LogP contribution >= 0.6 is 0 Å². The number of amides is 4. The molecule has 7 rings (SSSR count). The Kier molecular flexibility index (Phi) is 12.3. The Balaban J connectivity index is 0.914. The summed E-state index contributed by atoms with van der Waals surface area (Å²) in [6, 6.07) is 18.2. The molecule has 14 heteroatoms. The fourth-order valence-corrected chi connectivity index (χ4v) is 7.69. The van der Waals surface area contributed by atoms with Crippen LogP contribution in [0.25, 0.3) is 16.5 Å². The van der Waals surface area contributed by atoms with Crippen molar-refractivity contribution in [3.05, 3.63) is 113 Å². The monoisotopic (exact) mass is 787 g/mol. The largest absolute Gasteiger partial charge is 0.494 e. The number of ether oxygens (including phenoxy) is 1. The van der Waals surface area contributed by atoms with E-state index >= 15 is 4.39 Å². The molecule has 0 aliphatic carbocycles. The first-order valence-electron chi connectivity index (χ1n) is 19.8. The van der Waals surface area contributed by atoms with E-state index in [0.29, 0.717) is 43.4 Å². The van der Waals surface area contributed by atoms with Gasteiger partial charge in [0.1, 0.15) is 18.2 Å². The molecule has 1 atom stereocenters. The number of anilines is 4. The Morgan fingerprint density at radius 1 is 1.03 bits per heavy atom. The molecule has 4 N–H and O–H groups in total. The third-order valence-electron chi connectivity index (χ3n) is 11.0. The van der Waals surface area contributed by atoms with Crippen molar-refractivity contribution in [1.82, 2.24) is 30.4 Å². The molecule has 2 saturated heterocycles. The van der Waals surface area contributed by atoms with Crippen LogP contribution in [0.15, 0.2) is 96.5 Å². The quantitative estimate of drug-likeness (QED) is 0.113. The van der Waals surface area contributed by atoms with Crippen molar-refractivity contribution in [2.45, 2.75) is 46.1 Å². The molecule has 0 radical (unpaired) electrons.